The molecule has 2 aromatic rings. The van der Waals surface area contributed by atoms with Crippen molar-refractivity contribution in [3.8, 4) is 5.75 Å². The smallest absolute Gasteiger partial charge is 0.195 e. The number of fused-ring (bicyclic) bond motifs is 1. The van der Waals surface area contributed by atoms with Crippen LogP contribution >= 0.6 is 11.3 Å². The number of guanidine groups is 1. The number of aromatic nitrogens is 1. The summed E-state index contributed by atoms with van der Waals surface area (Å²) < 4.78 is 10.8. The summed E-state index contributed by atoms with van der Waals surface area (Å²) in [4.78, 5) is 10.7. The van der Waals surface area contributed by atoms with Crippen molar-refractivity contribution in [3.05, 3.63) is 39.8 Å². The van der Waals surface area contributed by atoms with Gasteiger partial charge in [-0.3, -0.25) is 4.99 Å². The standard InChI is InChI=1S/C22H32N4O2S/c1-23-22(25-17-8-5-9-18(16-17)28-15-7-14-27-2)24-13-6-12-21-26-19-10-3-4-11-20(19)29-21/h5,8-9,16H,3-4,6-7,10-15H2,1-2H3,(H2,23,24,25). The second-order valence-electron chi connectivity index (χ2n) is 7.13. The normalized spacial score (nSPS) is 13.8. The first-order chi connectivity index (χ1) is 14.3. The molecule has 3 rings (SSSR count). The van der Waals surface area contributed by atoms with E-state index in [0.29, 0.717) is 13.2 Å². The van der Waals surface area contributed by atoms with E-state index in [1.54, 1.807) is 14.2 Å². The summed E-state index contributed by atoms with van der Waals surface area (Å²) in [6.07, 6.45) is 7.92. The average molecular weight is 417 g/mol. The molecule has 0 spiro atoms. The van der Waals surface area contributed by atoms with Crippen molar-refractivity contribution in [3.63, 3.8) is 0 Å². The summed E-state index contributed by atoms with van der Waals surface area (Å²) in [7, 11) is 3.49. The number of nitrogens with zero attached hydrogens (tertiary/aromatic N) is 2. The Morgan fingerprint density at radius 3 is 2.93 bits per heavy atom. The van der Waals surface area contributed by atoms with E-state index in [2.05, 4.69) is 15.6 Å². The molecule has 7 heteroatoms. The van der Waals surface area contributed by atoms with Gasteiger partial charge in [-0.25, -0.2) is 4.98 Å². The number of hydrogen-bond acceptors (Lipinski definition) is 5. The highest BCUT2D eigenvalue weighted by Crippen LogP contribution is 2.27. The number of nitrogens with one attached hydrogen (secondary N) is 2. The third-order valence-corrected chi connectivity index (χ3v) is 6.05. The highest BCUT2D eigenvalue weighted by atomic mass is 32.1. The number of rotatable bonds is 10. The molecule has 1 aromatic carbocycles. The van der Waals surface area contributed by atoms with E-state index in [-0.39, 0.29) is 0 Å². The van der Waals surface area contributed by atoms with Crippen LogP contribution in [0.1, 0.15) is 41.3 Å². The van der Waals surface area contributed by atoms with Gasteiger partial charge in [-0.05, 0) is 44.2 Å². The molecule has 1 aliphatic rings. The fourth-order valence-corrected chi connectivity index (χ4v) is 4.53. The summed E-state index contributed by atoms with van der Waals surface area (Å²) in [5.74, 6) is 1.61. The lowest BCUT2D eigenvalue weighted by Gasteiger charge is -2.13. The Morgan fingerprint density at radius 2 is 2.10 bits per heavy atom. The van der Waals surface area contributed by atoms with Crippen LogP contribution in [0, 0.1) is 0 Å². The number of benzene rings is 1. The zero-order valence-corrected chi connectivity index (χ0v) is 18.3. The summed E-state index contributed by atoms with van der Waals surface area (Å²) in [6, 6.07) is 7.93. The predicted octanol–water partition coefficient (Wildman–Crippen LogP) is 4.06. The first-order valence-electron chi connectivity index (χ1n) is 10.5. The maximum absolute atomic E-state index is 5.76. The van der Waals surface area contributed by atoms with Gasteiger partial charge < -0.3 is 20.1 Å². The van der Waals surface area contributed by atoms with Gasteiger partial charge in [-0.2, -0.15) is 0 Å². The summed E-state index contributed by atoms with van der Waals surface area (Å²) in [5.41, 5.74) is 2.31. The van der Waals surface area contributed by atoms with E-state index in [0.717, 1.165) is 49.6 Å². The van der Waals surface area contributed by atoms with Gasteiger partial charge in [0.2, 0.25) is 0 Å². The number of ether oxygens (including phenoxy) is 2. The molecule has 6 nitrogen and oxygen atoms in total. The lowest BCUT2D eigenvalue weighted by Crippen LogP contribution is -2.31. The second-order valence-corrected chi connectivity index (χ2v) is 8.30. The van der Waals surface area contributed by atoms with E-state index in [4.69, 9.17) is 14.5 Å². The predicted molar refractivity (Wildman–Crippen MR) is 120 cm³/mol. The number of thiazole rings is 1. The van der Waals surface area contributed by atoms with E-state index >= 15 is 0 Å². The zero-order chi connectivity index (χ0) is 20.3. The van der Waals surface area contributed by atoms with Crippen molar-refractivity contribution in [2.45, 2.75) is 44.9 Å². The van der Waals surface area contributed by atoms with Crippen LogP contribution in [-0.2, 0) is 24.0 Å². The lowest BCUT2D eigenvalue weighted by molar-refractivity contribution is 0.172. The third kappa shape index (κ3) is 7.01. The molecule has 29 heavy (non-hydrogen) atoms. The quantitative estimate of drug-likeness (QED) is 0.347. The van der Waals surface area contributed by atoms with Crippen molar-refractivity contribution in [1.82, 2.24) is 10.3 Å². The first-order valence-corrected chi connectivity index (χ1v) is 11.3. The Balaban J connectivity index is 1.40. The molecule has 0 bridgehead atoms. The van der Waals surface area contributed by atoms with Crippen molar-refractivity contribution in [2.24, 2.45) is 4.99 Å². The minimum atomic E-state index is 0.643. The Labute approximate surface area is 177 Å². The van der Waals surface area contributed by atoms with Gasteiger partial charge in [-0.1, -0.05) is 6.07 Å². The fraction of sp³-hybridized carbons (Fsp3) is 0.545. The molecule has 0 saturated heterocycles. The molecule has 0 amide bonds. The summed E-state index contributed by atoms with van der Waals surface area (Å²) >= 11 is 1.91. The van der Waals surface area contributed by atoms with Crippen molar-refractivity contribution in [1.29, 1.82) is 0 Å². The molecule has 0 atom stereocenters. The first kappa shape index (κ1) is 21.6. The molecule has 0 saturated carbocycles. The van der Waals surface area contributed by atoms with Crippen LogP contribution in [0.2, 0.25) is 0 Å². The van der Waals surface area contributed by atoms with Gasteiger partial charge in [0.15, 0.2) is 5.96 Å². The van der Waals surface area contributed by atoms with Gasteiger partial charge >= 0.3 is 0 Å². The van der Waals surface area contributed by atoms with Gasteiger partial charge in [0, 0.05) is 56.8 Å². The van der Waals surface area contributed by atoms with Gasteiger partial charge in [0.05, 0.1) is 17.3 Å². The zero-order valence-electron chi connectivity index (χ0n) is 17.5. The SMILES string of the molecule is CN=C(NCCCc1nc2c(s1)CCCC2)Nc1cccc(OCCCOC)c1. The molecular weight excluding hydrogens is 384 g/mol. The Morgan fingerprint density at radius 1 is 1.21 bits per heavy atom. The van der Waals surface area contributed by atoms with Crippen LogP contribution in [0.25, 0.3) is 0 Å². The molecule has 0 fully saturated rings. The molecule has 158 valence electrons. The number of hydrogen-bond donors (Lipinski definition) is 2. The Hall–Kier alpha value is -2.12. The molecule has 0 unspecified atom stereocenters. The van der Waals surface area contributed by atoms with Crippen molar-refractivity contribution < 1.29 is 9.47 Å². The van der Waals surface area contributed by atoms with E-state index in [9.17, 15) is 0 Å². The monoisotopic (exact) mass is 416 g/mol. The maximum Gasteiger partial charge on any atom is 0.195 e. The van der Waals surface area contributed by atoms with Crippen LogP contribution < -0.4 is 15.4 Å². The molecule has 1 aromatic heterocycles. The van der Waals surface area contributed by atoms with E-state index in [1.807, 2.05) is 35.6 Å². The fourth-order valence-electron chi connectivity index (χ4n) is 3.33. The van der Waals surface area contributed by atoms with Gasteiger partial charge in [-0.15, -0.1) is 11.3 Å². The van der Waals surface area contributed by atoms with E-state index in [1.165, 1.54) is 34.8 Å². The highest BCUT2D eigenvalue weighted by Gasteiger charge is 2.14. The molecule has 1 heterocycles. The van der Waals surface area contributed by atoms with Crippen LogP contribution in [0.4, 0.5) is 5.69 Å². The van der Waals surface area contributed by atoms with Gasteiger partial charge in [0.25, 0.3) is 0 Å². The van der Waals surface area contributed by atoms with Crippen LogP contribution in [0.5, 0.6) is 5.75 Å². The summed E-state index contributed by atoms with van der Waals surface area (Å²) in [5, 5.41) is 8.00. The molecule has 0 radical (unpaired) electrons. The molecular formula is C22H32N4O2S. The second kappa shape index (κ2) is 11.8. The number of aryl methyl sites for hydroxylation is 3. The van der Waals surface area contributed by atoms with Crippen molar-refractivity contribution >= 4 is 23.0 Å². The molecule has 0 aliphatic heterocycles. The maximum atomic E-state index is 5.76. The van der Waals surface area contributed by atoms with Crippen LogP contribution in [0.15, 0.2) is 29.3 Å². The average Bonchev–Trinajstić information content (AvgIpc) is 3.16. The highest BCUT2D eigenvalue weighted by molar-refractivity contribution is 7.11. The number of methoxy groups -OCH3 is 1. The summed E-state index contributed by atoms with van der Waals surface area (Å²) in [6.45, 7) is 2.21. The third-order valence-electron chi connectivity index (χ3n) is 4.83. The van der Waals surface area contributed by atoms with E-state index < -0.39 is 0 Å². The molecule has 1 aliphatic carbocycles. The minimum Gasteiger partial charge on any atom is -0.493 e. The molecule has 2 N–H and O–H groups in total. The topological polar surface area (TPSA) is 67.8 Å². The van der Waals surface area contributed by atoms with Crippen LogP contribution in [0.3, 0.4) is 0 Å². The minimum absolute atomic E-state index is 0.643. The largest absolute Gasteiger partial charge is 0.493 e. The number of anilines is 1. The Kier molecular flexibility index (Phi) is 8.77. The van der Waals surface area contributed by atoms with Crippen LogP contribution in [-0.4, -0.2) is 44.9 Å². The lowest BCUT2D eigenvalue weighted by atomic mass is 10.0. The van der Waals surface area contributed by atoms with Crippen molar-refractivity contribution in [2.75, 3.05) is 39.2 Å². The Bertz CT molecular complexity index is 767. The number of aliphatic imine (C=N–C) groups is 1. The van der Waals surface area contributed by atoms with Gasteiger partial charge in [0.1, 0.15) is 5.75 Å².